The summed E-state index contributed by atoms with van der Waals surface area (Å²) in [5, 5.41) is 12.4. The number of nitrogens with one attached hydrogen (secondary N) is 2. The zero-order valence-electron chi connectivity index (χ0n) is 16.5. The largest absolute Gasteiger partial charge is 0.345 e. The second-order valence-electron chi connectivity index (χ2n) is 7.18. The molecule has 9 heteroatoms. The highest BCUT2D eigenvalue weighted by Gasteiger charge is 2.22. The van der Waals surface area contributed by atoms with E-state index in [0.29, 0.717) is 10.2 Å². The number of nitrogens with zero attached hydrogens (tertiary/aromatic N) is 4. The van der Waals surface area contributed by atoms with Gasteiger partial charge in [0, 0.05) is 5.02 Å². The zero-order chi connectivity index (χ0) is 21.1. The van der Waals surface area contributed by atoms with Crippen LogP contribution in [0.5, 0.6) is 0 Å². The molecule has 2 aromatic heterocycles. The Balaban J connectivity index is 1.44. The van der Waals surface area contributed by atoms with Gasteiger partial charge in [-0.25, -0.2) is 4.98 Å². The molecule has 1 unspecified atom stereocenters. The summed E-state index contributed by atoms with van der Waals surface area (Å²) in [5.74, 6) is 1.05. The first kappa shape index (κ1) is 20.4. The van der Waals surface area contributed by atoms with E-state index < -0.39 is 0 Å². The number of hydrogen-bond donors (Lipinski definition) is 2. The molecule has 1 atom stereocenters. The van der Waals surface area contributed by atoms with Crippen LogP contribution in [0.25, 0.3) is 16.7 Å². The molecule has 2 aromatic carbocycles. The second kappa shape index (κ2) is 8.89. The standard InChI is InChI=1S/C21H21ClN6OS/c1-13(2)19(20-24-16-8-3-4-9-17(16)25-20)26-18(29)11-30-21-27-23-12-28(21)15-7-5-6-14(22)10-15/h3-10,12-13,19H,11H2,1-2H3,(H,24,25)(H,26,29). The van der Waals surface area contributed by atoms with Crippen molar-refractivity contribution < 1.29 is 4.79 Å². The smallest absolute Gasteiger partial charge is 0.231 e. The Morgan fingerprint density at radius 1 is 1.23 bits per heavy atom. The number of aromatic amines is 1. The molecule has 4 rings (SSSR count). The third-order valence-corrected chi connectivity index (χ3v) is 5.80. The molecule has 30 heavy (non-hydrogen) atoms. The summed E-state index contributed by atoms with van der Waals surface area (Å²) < 4.78 is 1.81. The maximum Gasteiger partial charge on any atom is 0.231 e. The van der Waals surface area contributed by atoms with Gasteiger partial charge in [-0.1, -0.05) is 55.4 Å². The number of imidazole rings is 1. The number of halogens is 1. The van der Waals surface area contributed by atoms with Crippen LogP contribution in [0, 0.1) is 5.92 Å². The monoisotopic (exact) mass is 440 g/mol. The lowest BCUT2D eigenvalue weighted by molar-refractivity contribution is -0.119. The van der Waals surface area contributed by atoms with E-state index in [2.05, 4.69) is 39.3 Å². The Morgan fingerprint density at radius 2 is 2.07 bits per heavy atom. The van der Waals surface area contributed by atoms with Crippen LogP contribution >= 0.6 is 23.4 Å². The lowest BCUT2D eigenvalue weighted by Gasteiger charge is -2.20. The summed E-state index contributed by atoms with van der Waals surface area (Å²) in [6.45, 7) is 4.11. The molecule has 0 aliphatic rings. The molecular formula is C21H21ClN6OS. The van der Waals surface area contributed by atoms with E-state index in [0.717, 1.165) is 22.5 Å². The van der Waals surface area contributed by atoms with Crippen molar-refractivity contribution in [3.63, 3.8) is 0 Å². The summed E-state index contributed by atoms with van der Waals surface area (Å²) in [5.41, 5.74) is 2.69. The molecular weight excluding hydrogens is 420 g/mol. The van der Waals surface area contributed by atoms with Crippen molar-refractivity contribution in [3.8, 4) is 5.69 Å². The van der Waals surface area contributed by atoms with Crippen molar-refractivity contribution in [2.24, 2.45) is 5.92 Å². The number of rotatable bonds is 7. The van der Waals surface area contributed by atoms with Gasteiger partial charge in [-0.3, -0.25) is 9.36 Å². The Bertz CT molecular complexity index is 1140. The van der Waals surface area contributed by atoms with Crippen molar-refractivity contribution >= 4 is 40.3 Å². The van der Waals surface area contributed by atoms with Crippen LogP contribution in [0.15, 0.2) is 60.0 Å². The maximum absolute atomic E-state index is 12.7. The van der Waals surface area contributed by atoms with Crippen molar-refractivity contribution in [3.05, 3.63) is 65.7 Å². The van der Waals surface area contributed by atoms with Crippen molar-refractivity contribution in [1.29, 1.82) is 0 Å². The van der Waals surface area contributed by atoms with Gasteiger partial charge in [0.15, 0.2) is 5.16 Å². The maximum atomic E-state index is 12.7. The van der Waals surface area contributed by atoms with E-state index >= 15 is 0 Å². The highest BCUT2D eigenvalue weighted by atomic mass is 35.5. The first-order valence-corrected chi connectivity index (χ1v) is 10.9. The molecule has 0 aliphatic carbocycles. The van der Waals surface area contributed by atoms with E-state index in [-0.39, 0.29) is 23.6 Å². The average Bonchev–Trinajstić information content (AvgIpc) is 3.36. The molecule has 0 saturated heterocycles. The number of hydrogen-bond acceptors (Lipinski definition) is 5. The van der Waals surface area contributed by atoms with Crippen LogP contribution < -0.4 is 5.32 Å². The summed E-state index contributed by atoms with van der Waals surface area (Å²) in [4.78, 5) is 20.7. The van der Waals surface area contributed by atoms with E-state index in [1.54, 1.807) is 12.4 Å². The topological polar surface area (TPSA) is 88.5 Å². The fourth-order valence-electron chi connectivity index (χ4n) is 3.14. The summed E-state index contributed by atoms with van der Waals surface area (Å²) in [6.07, 6.45) is 1.61. The predicted octanol–water partition coefficient (Wildman–Crippen LogP) is 4.40. The fourth-order valence-corrected chi connectivity index (χ4v) is 4.07. The summed E-state index contributed by atoms with van der Waals surface area (Å²) >= 11 is 7.40. The van der Waals surface area contributed by atoms with E-state index in [9.17, 15) is 4.79 Å². The highest BCUT2D eigenvalue weighted by Crippen LogP contribution is 2.24. The van der Waals surface area contributed by atoms with Crippen molar-refractivity contribution in [1.82, 2.24) is 30.0 Å². The van der Waals surface area contributed by atoms with Crippen LogP contribution in [-0.4, -0.2) is 36.4 Å². The minimum atomic E-state index is -0.212. The molecule has 0 fully saturated rings. The summed E-state index contributed by atoms with van der Waals surface area (Å²) in [6, 6.07) is 15.0. The molecule has 0 spiro atoms. The van der Waals surface area contributed by atoms with Gasteiger partial charge in [-0.15, -0.1) is 10.2 Å². The van der Waals surface area contributed by atoms with Crippen LogP contribution in [-0.2, 0) is 4.79 Å². The lowest BCUT2D eigenvalue weighted by Crippen LogP contribution is -2.33. The number of para-hydroxylation sites is 2. The molecule has 4 aromatic rings. The first-order chi connectivity index (χ1) is 14.5. The zero-order valence-corrected chi connectivity index (χ0v) is 18.1. The SMILES string of the molecule is CC(C)C(NC(=O)CSc1nncn1-c1cccc(Cl)c1)c1nc2ccccc2[nH]1. The quantitative estimate of drug-likeness (QED) is 0.416. The van der Waals surface area contributed by atoms with Gasteiger partial charge >= 0.3 is 0 Å². The Morgan fingerprint density at radius 3 is 2.83 bits per heavy atom. The van der Waals surface area contributed by atoms with E-state index in [4.69, 9.17) is 11.6 Å². The second-order valence-corrected chi connectivity index (χ2v) is 8.56. The number of carbonyl (C=O) groups is 1. The van der Waals surface area contributed by atoms with Crippen molar-refractivity contribution in [2.75, 3.05) is 5.75 Å². The fraction of sp³-hybridized carbons (Fsp3) is 0.238. The van der Waals surface area contributed by atoms with Gasteiger partial charge in [-0.2, -0.15) is 0 Å². The number of amides is 1. The Kier molecular flexibility index (Phi) is 6.06. The molecule has 2 N–H and O–H groups in total. The van der Waals surface area contributed by atoms with Gasteiger partial charge in [-0.05, 0) is 36.2 Å². The van der Waals surface area contributed by atoms with Gasteiger partial charge in [0.1, 0.15) is 12.2 Å². The minimum Gasteiger partial charge on any atom is -0.345 e. The van der Waals surface area contributed by atoms with E-state index in [1.165, 1.54) is 11.8 Å². The number of thioether (sulfide) groups is 1. The lowest BCUT2D eigenvalue weighted by atomic mass is 10.0. The Labute approximate surface area is 183 Å². The molecule has 0 bridgehead atoms. The third-order valence-electron chi connectivity index (χ3n) is 4.62. The molecule has 0 saturated carbocycles. The highest BCUT2D eigenvalue weighted by molar-refractivity contribution is 7.99. The Hall–Kier alpha value is -2.84. The van der Waals surface area contributed by atoms with E-state index in [1.807, 2.05) is 47.0 Å². The molecule has 0 aliphatic heterocycles. The van der Waals surface area contributed by atoms with Crippen LogP contribution in [0.3, 0.4) is 0 Å². The number of carbonyl (C=O) groups excluding carboxylic acids is 1. The third kappa shape index (κ3) is 4.49. The van der Waals surface area contributed by atoms with Crippen LogP contribution in [0.2, 0.25) is 5.02 Å². The van der Waals surface area contributed by atoms with Crippen LogP contribution in [0.4, 0.5) is 0 Å². The summed E-state index contributed by atoms with van der Waals surface area (Å²) in [7, 11) is 0. The molecule has 1 amide bonds. The molecule has 0 radical (unpaired) electrons. The number of benzene rings is 2. The first-order valence-electron chi connectivity index (χ1n) is 9.54. The number of H-pyrrole nitrogens is 1. The average molecular weight is 441 g/mol. The van der Waals surface area contributed by atoms with Gasteiger partial charge in [0.05, 0.1) is 28.5 Å². The van der Waals surface area contributed by atoms with Crippen LogP contribution in [0.1, 0.15) is 25.7 Å². The molecule has 154 valence electrons. The van der Waals surface area contributed by atoms with Gasteiger partial charge < -0.3 is 10.3 Å². The number of fused-ring (bicyclic) bond motifs is 1. The van der Waals surface area contributed by atoms with Gasteiger partial charge in [0.25, 0.3) is 0 Å². The molecule has 7 nitrogen and oxygen atoms in total. The normalized spacial score (nSPS) is 12.4. The van der Waals surface area contributed by atoms with Crippen molar-refractivity contribution in [2.45, 2.75) is 25.0 Å². The number of aromatic nitrogens is 5. The molecule has 2 heterocycles. The predicted molar refractivity (Wildman–Crippen MR) is 119 cm³/mol. The van der Waals surface area contributed by atoms with Gasteiger partial charge in [0.2, 0.25) is 5.91 Å². The minimum absolute atomic E-state index is 0.0974.